The average Bonchev–Trinajstić information content (AvgIpc) is 3.04. The molecule has 0 fully saturated rings. The van der Waals surface area contributed by atoms with E-state index in [9.17, 15) is 8.42 Å². The Morgan fingerprint density at radius 2 is 2.08 bits per heavy atom. The number of aliphatic imine (C=N–C) groups is 1. The van der Waals surface area contributed by atoms with Crippen LogP contribution >= 0.6 is 35.3 Å². The van der Waals surface area contributed by atoms with Gasteiger partial charge in [-0.1, -0.05) is 19.9 Å². The first-order valence-corrected chi connectivity index (χ1v) is 11.6. The highest BCUT2D eigenvalue weighted by atomic mass is 127. The average molecular weight is 517 g/mol. The highest BCUT2D eigenvalue weighted by molar-refractivity contribution is 14.0. The van der Waals surface area contributed by atoms with Crippen LogP contribution in [0.25, 0.3) is 0 Å². The van der Waals surface area contributed by atoms with Crippen LogP contribution in [0.5, 0.6) is 0 Å². The number of rotatable bonds is 11. The van der Waals surface area contributed by atoms with Crippen LogP contribution in [0.1, 0.15) is 32.1 Å². The van der Waals surface area contributed by atoms with Crippen molar-refractivity contribution < 1.29 is 8.42 Å². The fourth-order valence-corrected chi connectivity index (χ4v) is 4.25. The van der Waals surface area contributed by atoms with Gasteiger partial charge in [0.1, 0.15) is 0 Å². The van der Waals surface area contributed by atoms with Crippen LogP contribution < -0.4 is 10.6 Å². The summed E-state index contributed by atoms with van der Waals surface area (Å²) in [6.45, 7) is 9.38. The zero-order valence-corrected chi connectivity index (χ0v) is 20.2. The Hall–Kier alpha value is -0.390. The summed E-state index contributed by atoms with van der Waals surface area (Å²) in [5.74, 6) is 1.28. The Morgan fingerprint density at radius 1 is 1.35 bits per heavy atom. The zero-order chi connectivity index (χ0) is 18.7. The summed E-state index contributed by atoms with van der Waals surface area (Å²) in [7, 11) is -3.11. The number of sulfonamides is 1. The van der Waals surface area contributed by atoms with Crippen molar-refractivity contribution in [2.45, 2.75) is 33.6 Å². The minimum Gasteiger partial charge on any atom is -0.357 e. The van der Waals surface area contributed by atoms with Crippen molar-refractivity contribution in [2.75, 3.05) is 39.0 Å². The van der Waals surface area contributed by atoms with E-state index in [1.165, 1.54) is 15.4 Å². The molecule has 1 aromatic heterocycles. The van der Waals surface area contributed by atoms with Crippen molar-refractivity contribution in [3.63, 3.8) is 0 Å². The largest absolute Gasteiger partial charge is 0.357 e. The maximum absolute atomic E-state index is 11.6. The predicted molar refractivity (Wildman–Crippen MR) is 123 cm³/mol. The fraction of sp³-hybridized carbons (Fsp3) is 0.706. The van der Waals surface area contributed by atoms with Crippen LogP contribution in [-0.4, -0.2) is 57.7 Å². The van der Waals surface area contributed by atoms with E-state index in [0.29, 0.717) is 25.6 Å². The first kappa shape index (κ1) is 25.6. The van der Waals surface area contributed by atoms with Crippen molar-refractivity contribution in [1.82, 2.24) is 14.9 Å². The Kier molecular flexibility index (Phi) is 13.5. The van der Waals surface area contributed by atoms with Gasteiger partial charge in [-0.25, -0.2) is 12.7 Å². The highest BCUT2D eigenvalue weighted by Crippen LogP contribution is 2.14. The molecule has 0 amide bonds. The topological polar surface area (TPSA) is 73.8 Å². The first-order valence-electron chi connectivity index (χ1n) is 8.86. The van der Waals surface area contributed by atoms with E-state index in [-0.39, 0.29) is 24.0 Å². The van der Waals surface area contributed by atoms with E-state index < -0.39 is 10.0 Å². The van der Waals surface area contributed by atoms with Crippen LogP contribution in [0.4, 0.5) is 0 Å². The third-order valence-electron chi connectivity index (χ3n) is 3.73. The second-order valence-electron chi connectivity index (χ2n) is 6.14. The molecule has 1 aromatic rings. The summed E-state index contributed by atoms with van der Waals surface area (Å²) >= 11 is 1.79. The summed E-state index contributed by atoms with van der Waals surface area (Å²) in [5, 5.41) is 8.63. The highest BCUT2D eigenvalue weighted by Gasteiger charge is 2.13. The Bertz CT molecular complexity index is 606. The molecule has 152 valence electrons. The van der Waals surface area contributed by atoms with E-state index in [1.807, 2.05) is 13.8 Å². The summed E-state index contributed by atoms with van der Waals surface area (Å²) in [4.78, 5) is 6.04. The second kappa shape index (κ2) is 13.7. The number of nitrogens with zero attached hydrogens (tertiary/aromatic N) is 2. The molecular weight excluding hydrogens is 483 g/mol. The van der Waals surface area contributed by atoms with Crippen molar-refractivity contribution >= 4 is 51.3 Å². The molecule has 1 atom stereocenters. The Labute approximate surface area is 179 Å². The van der Waals surface area contributed by atoms with Gasteiger partial charge in [-0.2, -0.15) is 0 Å². The van der Waals surface area contributed by atoms with Gasteiger partial charge < -0.3 is 10.6 Å². The van der Waals surface area contributed by atoms with E-state index in [1.54, 1.807) is 11.3 Å². The van der Waals surface area contributed by atoms with Crippen LogP contribution in [0, 0.1) is 5.92 Å². The molecule has 0 saturated carbocycles. The van der Waals surface area contributed by atoms with E-state index in [0.717, 1.165) is 31.9 Å². The van der Waals surface area contributed by atoms with Crippen molar-refractivity contribution in [2.24, 2.45) is 10.9 Å². The van der Waals surface area contributed by atoms with Crippen LogP contribution in [-0.2, 0) is 16.4 Å². The standard InChI is InChI=1S/C17H32N4O2S2.HI/c1-5-18-17(19-10-8-11-21(6-2)25(4,22)23)20-14-15(3)13-16-9-7-12-24-16;/h7,9,12,15H,5-6,8,10-11,13-14H2,1-4H3,(H2,18,19,20);1H. The molecule has 1 unspecified atom stereocenters. The van der Waals surface area contributed by atoms with Crippen LogP contribution in [0.2, 0.25) is 0 Å². The smallest absolute Gasteiger partial charge is 0.211 e. The number of hydrogen-bond acceptors (Lipinski definition) is 4. The van der Waals surface area contributed by atoms with Gasteiger partial charge in [-0.3, -0.25) is 4.99 Å². The van der Waals surface area contributed by atoms with E-state index in [2.05, 4.69) is 40.1 Å². The minimum atomic E-state index is -3.11. The number of nitrogens with one attached hydrogen (secondary N) is 2. The first-order chi connectivity index (χ1) is 11.9. The molecule has 0 bridgehead atoms. The molecular formula is C17H33IN4O2S2. The van der Waals surface area contributed by atoms with Gasteiger partial charge in [0.15, 0.2) is 5.96 Å². The zero-order valence-electron chi connectivity index (χ0n) is 16.2. The van der Waals surface area contributed by atoms with Crippen LogP contribution in [0.3, 0.4) is 0 Å². The molecule has 0 aliphatic carbocycles. The number of hydrogen-bond donors (Lipinski definition) is 2. The van der Waals surface area contributed by atoms with Gasteiger partial charge >= 0.3 is 0 Å². The van der Waals surface area contributed by atoms with Gasteiger partial charge in [-0.05, 0) is 37.1 Å². The third-order valence-corrected chi connectivity index (χ3v) is 6.01. The van der Waals surface area contributed by atoms with Crippen LogP contribution in [0.15, 0.2) is 22.5 Å². The van der Waals surface area contributed by atoms with E-state index in [4.69, 9.17) is 0 Å². The maximum Gasteiger partial charge on any atom is 0.211 e. The quantitative estimate of drug-likeness (QED) is 0.205. The lowest BCUT2D eigenvalue weighted by molar-refractivity contribution is 0.424. The molecule has 1 rings (SSSR count). The molecule has 26 heavy (non-hydrogen) atoms. The number of guanidine groups is 1. The Morgan fingerprint density at radius 3 is 2.62 bits per heavy atom. The maximum atomic E-state index is 11.6. The van der Waals surface area contributed by atoms with Gasteiger partial charge in [0.25, 0.3) is 0 Å². The van der Waals surface area contributed by atoms with Crippen molar-refractivity contribution in [3.05, 3.63) is 22.4 Å². The lowest BCUT2D eigenvalue weighted by atomic mass is 10.1. The second-order valence-corrected chi connectivity index (χ2v) is 9.16. The third kappa shape index (κ3) is 10.7. The molecule has 0 aliphatic heterocycles. The predicted octanol–water partition coefficient (Wildman–Crippen LogP) is 2.77. The SMILES string of the molecule is CCNC(=NCC(C)Cc1cccs1)NCCCN(CC)S(C)(=O)=O.I. The molecule has 1 heterocycles. The molecule has 0 radical (unpaired) electrons. The van der Waals surface area contributed by atoms with E-state index >= 15 is 0 Å². The van der Waals surface area contributed by atoms with Gasteiger partial charge in [-0.15, -0.1) is 35.3 Å². The number of halogens is 1. The normalized spacial score (nSPS) is 13.3. The molecule has 0 spiro atoms. The molecule has 0 aliphatic rings. The van der Waals surface area contributed by atoms with Crippen molar-refractivity contribution in [3.8, 4) is 0 Å². The molecule has 9 heteroatoms. The van der Waals surface area contributed by atoms with Crippen molar-refractivity contribution in [1.29, 1.82) is 0 Å². The molecule has 0 aromatic carbocycles. The molecule has 2 N–H and O–H groups in total. The lowest BCUT2D eigenvalue weighted by Gasteiger charge is -2.18. The van der Waals surface area contributed by atoms with Gasteiger partial charge in [0, 0.05) is 37.6 Å². The number of thiophene rings is 1. The lowest BCUT2D eigenvalue weighted by Crippen LogP contribution is -2.39. The molecule has 6 nitrogen and oxygen atoms in total. The molecule has 0 saturated heterocycles. The Balaban J connectivity index is 0.00000625. The fourth-order valence-electron chi connectivity index (χ4n) is 2.45. The monoisotopic (exact) mass is 516 g/mol. The summed E-state index contributed by atoms with van der Waals surface area (Å²) < 4.78 is 24.6. The summed E-state index contributed by atoms with van der Waals surface area (Å²) in [5.41, 5.74) is 0. The minimum absolute atomic E-state index is 0. The van der Waals surface area contributed by atoms with Gasteiger partial charge in [0.05, 0.1) is 6.26 Å². The van der Waals surface area contributed by atoms with Gasteiger partial charge in [0.2, 0.25) is 10.0 Å². The summed E-state index contributed by atoms with van der Waals surface area (Å²) in [6.07, 6.45) is 3.04. The summed E-state index contributed by atoms with van der Waals surface area (Å²) in [6, 6.07) is 4.24.